The average molecular weight is 172 g/mol. The first-order chi connectivity index (χ1) is 5.48. The van der Waals surface area contributed by atoms with Gasteiger partial charge in [0.25, 0.3) is 0 Å². The van der Waals surface area contributed by atoms with Crippen LogP contribution in [0.5, 0.6) is 0 Å². The van der Waals surface area contributed by atoms with Gasteiger partial charge in [-0.25, -0.2) is 9.59 Å². The molecule has 1 rings (SSSR count). The molecule has 0 radical (unpaired) electrons. The van der Waals surface area contributed by atoms with Gasteiger partial charge >= 0.3 is 12.1 Å². The lowest BCUT2D eigenvalue weighted by Gasteiger charge is -2.25. The molecule has 1 amide bonds. The first-order valence-electron chi connectivity index (χ1n) is 3.27. The SMILES string of the molecule is CC1(C(=O)O)CC=NN1C(=O)O. The average Bonchev–Trinajstić information content (AvgIpc) is 2.32. The van der Waals surface area contributed by atoms with Crippen LogP contribution in [0.25, 0.3) is 0 Å². The van der Waals surface area contributed by atoms with E-state index >= 15 is 0 Å². The van der Waals surface area contributed by atoms with Crippen LogP contribution in [0, 0.1) is 0 Å². The van der Waals surface area contributed by atoms with E-state index in [9.17, 15) is 9.59 Å². The molecule has 0 aromatic heterocycles. The lowest BCUT2D eigenvalue weighted by atomic mass is 10.00. The van der Waals surface area contributed by atoms with Crippen molar-refractivity contribution in [3.8, 4) is 0 Å². The molecular formula is C6H8N2O4. The molecule has 0 saturated carbocycles. The first-order valence-corrected chi connectivity index (χ1v) is 3.27. The van der Waals surface area contributed by atoms with Crippen molar-refractivity contribution in [1.82, 2.24) is 5.01 Å². The van der Waals surface area contributed by atoms with Crippen LogP contribution >= 0.6 is 0 Å². The highest BCUT2D eigenvalue weighted by Crippen LogP contribution is 2.24. The summed E-state index contributed by atoms with van der Waals surface area (Å²) in [6.07, 6.45) is 0.0327. The van der Waals surface area contributed by atoms with Crippen molar-refractivity contribution in [2.45, 2.75) is 18.9 Å². The number of carboxylic acids is 1. The molecule has 0 bridgehead atoms. The predicted molar refractivity (Wildman–Crippen MR) is 39.0 cm³/mol. The molecule has 1 aliphatic rings. The fraction of sp³-hybridized carbons (Fsp3) is 0.500. The van der Waals surface area contributed by atoms with Crippen molar-refractivity contribution in [1.29, 1.82) is 0 Å². The number of rotatable bonds is 1. The molecule has 1 aliphatic heterocycles. The summed E-state index contributed by atoms with van der Waals surface area (Å²) < 4.78 is 0. The molecule has 66 valence electrons. The van der Waals surface area contributed by atoms with Crippen molar-refractivity contribution < 1.29 is 19.8 Å². The van der Waals surface area contributed by atoms with Gasteiger partial charge in [-0.15, -0.1) is 0 Å². The number of carboxylic acid groups (broad SMARTS) is 2. The second-order valence-corrected chi connectivity index (χ2v) is 2.68. The predicted octanol–water partition coefficient (Wildman–Crippen LogP) is 0.199. The van der Waals surface area contributed by atoms with E-state index in [0.717, 1.165) is 0 Å². The van der Waals surface area contributed by atoms with Gasteiger partial charge in [-0.05, 0) is 6.92 Å². The first kappa shape index (κ1) is 8.51. The highest BCUT2D eigenvalue weighted by atomic mass is 16.4. The van der Waals surface area contributed by atoms with E-state index in [4.69, 9.17) is 10.2 Å². The van der Waals surface area contributed by atoms with Gasteiger partial charge < -0.3 is 10.2 Å². The quantitative estimate of drug-likeness (QED) is 0.591. The highest BCUT2D eigenvalue weighted by molar-refractivity contribution is 5.89. The summed E-state index contributed by atoms with van der Waals surface area (Å²) in [5.41, 5.74) is -1.44. The lowest BCUT2D eigenvalue weighted by molar-refractivity contribution is -0.148. The maximum atomic E-state index is 10.7. The maximum absolute atomic E-state index is 10.7. The van der Waals surface area contributed by atoms with Crippen LogP contribution in [0.1, 0.15) is 13.3 Å². The zero-order chi connectivity index (χ0) is 9.35. The van der Waals surface area contributed by atoms with E-state index in [-0.39, 0.29) is 6.42 Å². The van der Waals surface area contributed by atoms with Crippen molar-refractivity contribution >= 4 is 18.3 Å². The van der Waals surface area contributed by atoms with E-state index in [1.807, 2.05) is 0 Å². The van der Waals surface area contributed by atoms with Crippen LogP contribution in [0.15, 0.2) is 5.10 Å². The molecule has 12 heavy (non-hydrogen) atoms. The zero-order valence-corrected chi connectivity index (χ0v) is 6.39. The molecular weight excluding hydrogens is 164 g/mol. The number of hydrogen-bond donors (Lipinski definition) is 2. The van der Waals surface area contributed by atoms with Crippen molar-refractivity contribution in [2.24, 2.45) is 5.10 Å². The van der Waals surface area contributed by atoms with Gasteiger partial charge in [0.05, 0.1) is 0 Å². The second-order valence-electron chi connectivity index (χ2n) is 2.68. The molecule has 2 N–H and O–H groups in total. The maximum Gasteiger partial charge on any atom is 0.429 e. The van der Waals surface area contributed by atoms with Crippen molar-refractivity contribution in [2.75, 3.05) is 0 Å². The highest BCUT2D eigenvalue weighted by Gasteiger charge is 2.45. The minimum Gasteiger partial charge on any atom is -0.479 e. The summed E-state index contributed by atoms with van der Waals surface area (Å²) in [5, 5.41) is 21.2. The van der Waals surface area contributed by atoms with Crippen molar-refractivity contribution in [3.05, 3.63) is 0 Å². The Morgan fingerprint density at radius 2 is 2.17 bits per heavy atom. The summed E-state index contributed by atoms with van der Waals surface area (Å²) in [6.45, 7) is 1.32. The van der Waals surface area contributed by atoms with Crippen LogP contribution in [0.3, 0.4) is 0 Å². The summed E-state index contributed by atoms with van der Waals surface area (Å²) in [4.78, 5) is 21.1. The Balaban J connectivity index is 2.94. The summed E-state index contributed by atoms with van der Waals surface area (Å²) in [6, 6.07) is 0. The van der Waals surface area contributed by atoms with Gasteiger partial charge in [-0.3, -0.25) is 0 Å². The molecule has 0 spiro atoms. The van der Waals surface area contributed by atoms with Crippen LogP contribution in [0.2, 0.25) is 0 Å². The summed E-state index contributed by atoms with van der Waals surface area (Å²) in [5.74, 6) is -1.19. The Labute approximate surface area is 68.1 Å². The number of hydrazone groups is 1. The standard InChI is InChI=1S/C6H8N2O4/c1-6(4(9)10)2-3-7-8(6)5(11)12/h3H,2H2,1H3,(H,9,10)(H,11,12). The Morgan fingerprint density at radius 1 is 1.58 bits per heavy atom. The lowest BCUT2D eigenvalue weighted by Crippen LogP contribution is -2.49. The monoisotopic (exact) mass is 172 g/mol. The number of carbonyl (C=O) groups is 2. The van der Waals surface area contributed by atoms with Gasteiger partial charge in [-0.1, -0.05) is 0 Å². The summed E-state index contributed by atoms with van der Waals surface area (Å²) >= 11 is 0. The van der Waals surface area contributed by atoms with Crippen LogP contribution < -0.4 is 0 Å². The molecule has 6 nitrogen and oxygen atoms in total. The van der Waals surface area contributed by atoms with Crippen LogP contribution in [0.4, 0.5) is 4.79 Å². The smallest absolute Gasteiger partial charge is 0.429 e. The van der Waals surface area contributed by atoms with E-state index in [0.29, 0.717) is 5.01 Å². The van der Waals surface area contributed by atoms with Gasteiger partial charge in [0.2, 0.25) is 0 Å². The van der Waals surface area contributed by atoms with E-state index in [2.05, 4.69) is 5.10 Å². The van der Waals surface area contributed by atoms with E-state index in [1.54, 1.807) is 0 Å². The molecule has 1 atom stereocenters. The molecule has 0 saturated heterocycles. The molecule has 1 unspecified atom stereocenters. The third kappa shape index (κ3) is 1.01. The molecule has 0 aliphatic carbocycles. The number of amides is 1. The number of aliphatic carboxylic acids is 1. The van der Waals surface area contributed by atoms with Gasteiger partial charge in [0, 0.05) is 12.6 Å². The zero-order valence-electron chi connectivity index (χ0n) is 6.39. The number of hydrogen-bond acceptors (Lipinski definition) is 3. The van der Waals surface area contributed by atoms with Crippen molar-refractivity contribution in [3.63, 3.8) is 0 Å². The Hall–Kier alpha value is -1.59. The molecule has 6 heteroatoms. The Bertz CT molecular complexity index is 262. The van der Waals surface area contributed by atoms with Crippen LogP contribution in [-0.2, 0) is 4.79 Å². The fourth-order valence-corrected chi connectivity index (χ4v) is 0.953. The van der Waals surface area contributed by atoms with Gasteiger partial charge in [0.1, 0.15) is 0 Å². The molecule has 0 aromatic rings. The molecule has 0 fully saturated rings. The fourth-order valence-electron chi connectivity index (χ4n) is 0.953. The summed E-state index contributed by atoms with van der Waals surface area (Å²) in [7, 11) is 0. The van der Waals surface area contributed by atoms with Gasteiger partial charge in [0.15, 0.2) is 5.54 Å². The largest absolute Gasteiger partial charge is 0.479 e. The van der Waals surface area contributed by atoms with E-state index in [1.165, 1.54) is 13.1 Å². The third-order valence-electron chi connectivity index (χ3n) is 1.80. The van der Waals surface area contributed by atoms with Crippen LogP contribution in [-0.4, -0.2) is 39.0 Å². The Kier molecular flexibility index (Phi) is 1.75. The molecule has 0 aromatic carbocycles. The molecule has 1 heterocycles. The minimum absolute atomic E-state index is 0.106. The second kappa shape index (κ2) is 2.47. The Morgan fingerprint density at radius 3 is 2.50 bits per heavy atom. The normalized spacial score (nSPS) is 27.6. The van der Waals surface area contributed by atoms with Gasteiger partial charge in [-0.2, -0.15) is 10.1 Å². The third-order valence-corrected chi connectivity index (χ3v) is 1.80. The topological polar surface area (TPSA) is 90.2 Å². The van der Waals surface area contributed by atoms with E-state index < -0.39 is 17.6 Å². The number of nitrogens with zero attached hydrogens (tertiary/aromatic N) is 2. The minimum atomic E-state index is -1.44.